The molecular weight excluding hydrogens is 384 g/mol. The van der Waals surface area contributed by atoms with Crippen molar-refractivity contribution in [3.8, 4) is 5.75 Å². The Morgan fingerprint density at radius 3 is 2.92 bits per heavy atom. The molecule has 2 aromatic rings. The molecule has 0 aliphatic carbocycles. The molecule has 1 saturated heterocycles. The van der Waals surface area contributed by atoms with Gasteiger partial charge < -0.3 is 9.84 Å². The Kier molecular flexibility index (Phi) is 4.94. The average Bonchev–Trinajstić information content (AvgIpc) is 2.82. The van der Waals surface area contributed by atoms with Crippen molar-refractivity contribution in [1.82, 2.24) is 9.88 Å². The normalized spacial score (nSPS) is 16.1. The first-order valence-electron chi connectivity index (χ1n) is 7.00. The van der Waals surface area contributed by atoms with Gasteiger partial charge in [0.2, 0.25) is 0 Å². The van der Waals surface area contributed by atoms with Crippen LogP contribution >= 0.6 is 35.6 Å². The SMILES string of the molecule is COc1ccc2nc(Cl)c(/C=C3\SC(=S)N(CC(=O)O)C3=O)cc2c1. The Labute approximate surface area is 157 Å². The smallest absolute Gasteiger partial charge is 0.323 e. The first kappa shape index (κ1) is 17.7. The monoisotopic (exact) mass is 394 g/mol. The number of amides is 1. The molecule has 128 valence electrons. The van der Waals surface area contributed by atoms with Gasteiger partial charge in [0.05, 0.1) is 17.5 Å². The van der Waals surface area contributed by atoms with E-state index >= 15 is 0 Å². The summed E-state index contributed by atoms with van der Waals surface area (Å²) in [5, 5.41) is 9.91. The Morgan fingerprint density at radius 1 is 1.48 bits per heavy atom. The summed E-state index contributed by atoms with van der Waals surface area (Å²) >= 11 is 12.3. The largest absolute Gasteiger partial charge is 0.497 e. The summed E-state index contributed by atoms with van der Waals surface area (Å²) in [5.74, 6) is -0.912. The topological polar surface area (TPSA) is 79.7 Å². The van der Waals surface area contributed by atoms with Gasteiger partial charge in [0, 0.05) is 10.9 Å². The van der Waals surface area contributed by atoms with Crippen molar-refractivity contribution in [3.63, 3.8) is 0 Å². The molecule has 9 heteroatoms. The zero-order valence-corrected chi connectivity index (χ0v) is 15.2. The van der Waals surface area contributed by atoms with E-state index in [9.17, 15) is 9.59 Å². The lowest BCUT2D eigenvalue weighted by Crippen LogP contribution is -2.33. The van der Waals surface area contributed by atoms with Gasteiger partial charge in [-0.15, -0.1) is 0 Å². The van der Waals surface area contributed by atoms with Crippen LogP contribution in [0, 0.1) is 0 Å². The number of carbonyl (C=O) groups excluding carboxylic acids is 1. The van der Waals surface area contributed by atoms with Crippen molar-refractivity contribution >= 4 is 68.8 Å². The van der Waals surface area contributed by atoms with Crippen molar-refractivity contribution < 1.29 is 19.4 Å². The minimum absolute atomic E-state index is 0.199. The summed E-state index contributed by atoms with van der Waals surface area (Å²) in [4.78, 5) is 28.8. The number of hydrogen-bond acceptors (Lipinski definition) is 6. The van der Waals surface area contributed by atoms with E-state index in [0.29, 0.717) is 21.7 Å². The molecule has 1 aliphatic heterocycles. The van der Waals surface area contributed by atoms with Crippen LogP contribution in [0.1, 0.15) is 5.56 Å². The molecule has 0 radical (unpaired) electrons. The predicted octanol–water partition coefficient (Wildman–Crippen LogP) is 3.18. The van der Waals surface area contributed by atoms with Crippen LogP contribution in [0.3, 0.4) is 0 Å². The number of aliphatic carboxylic acids is 1. The molecule has 1 aromatic carbocycles. The summed E-state index contributed by atoms with van der Waals surface area (Å²) < 4.78 is 5.39. The van der Waals surface area contributed by atoms with Crippen LogP contribution < -0.4 is 4.74 Å². The molecule has 1 N–H and O–H groups in total. The molecule has 0 spiro atoms. The van der Waals surface area contributed by atoms with Crippen molar-refractivity contribution in [2.75, 3.05) is 13.7 Å². The van der Waals surface area contributed by atoms with Gasteiger partial charge in [0.1, 0.15) is 21.8 Å². The fraction of sp³-hybridized carbons (Fsp3) is 0.125. The summed E-state index contributed by atoms with van der Waals surface area (Å²) in [6, 6.07) is 7.17. The summed E-state index contributed by atoms with van der Waals surface area (Å²) in [7, 11) is 1.57. The highest BCUT2D eigenvalue weighted by Crippen LogP contribution is 2.34. The zero-order valence-electron chi connectivity index (χ0n) is 12.9. The van der Waals surface area contributed by atoms with E-state index in [1.165, 1.54) is 0 Å². The molecule has 25 heavy (non-hydrogen) atoms. The number of ether oxygens (including phenoxy) is 1. The Morgan fingerprint density at radius 2 is 2.24 bits per heavy atom. The number of hydrogen-bond donors (Lipinski definition) is 1. The maximum absolute atomic E-state index is 12.3. The number of nitrogens with zero attached hydrogens (tertiary/aromatic N) is 2. The lowest BCUT2D eigenvalue weighted by Gasteiger charge is -2.10. The van der Waals surface area contributed by atoms with E-state index in [4.69, 9.17) is 33.7 Å². The molecule has 1 aromatic heterocycles. The predicted molar refractivity (Wildman–Crippen MR) is 101 cm³/mol. The van der Waals surface area contributed by atoms with Crippen LogP contribution in [-0.4, -0.2) is 44.8 Å². The second kappa shape index (κ2) is 6.99. The zero-order chi connectivity index (χ0) is 18.1. The van der Waals surface area contributed by atoms with Gasteiger partial charge in [-0.3, -0.25) is 14.5 Å². The number of benzene rings is 1. The number of carbonyl (C=O) groups is 2. The van der Waals surface area contributed by atoms with E-state index in [-0.39, 0.29) is 9.47 Å². The number of carboxylic acids is 1. The molecule has 1 aliphatic rings. The van der Waals surface area contributed by atoms with Gasteiger partial charge in [-0.1, -0.05) is 35.6 Å². The molecular formula is C16H11ClN2O4S2. The summed E-state index contributed by atoms with van der Waals surface area (Å²) in [6.07, 6.45) is 1.56. The Hall–Kier alpha value is -2.16. The molecule has 1 fully saturated rings. The Bertz CT molecular complexity index is 945. The molecule has 0 bridgehead atoms. The fourth-order valence-electron chi connectivity index (χ4n) is 2.29. The third kappa shape index (κ3) is 3.60. The molecule has 1 amide bonds. The van der Waals surface area contributed by atoms with Gasteiger partial charge >= 0.3 is 5.97 Å². The van der Waals surface area contributed by atoms with Crippen LogP contribution in [0.4, 0.5) is 0 Å². The third-order valence-corrected chi connectivity index (χ3v) is 5.14. The van der Waals surface area contributed by atoms with E-state index in [0.717, 1.165) is 22.0 Å². The first-order chi connectivity index (χ1) is 11.9. The van der Waals surface area contributed by atoms with Crippen molar-refractivity contribution in [2.45, 2.75) is 0 Å². The highest BCUT2D eigenvalue weighted by atomic mass is 35.5. The number of methoxy groups -OCH3 is 1. The number of carboxylic acid groups (broad SMARTS) is 1. The first-order valence-corrected chi connectivity index (χ1v) is 8.61. The van der Waals surface area contributed by atoms with Gasteiger partial charge in [0.15, 0.2) is 0 Å². The van der Waals surface area contributed by atoms with Crippen LogP contribution in [0.5, 0.6) is 5.75 Å². The maximum atomic E-state index is 12.3. The van der Waals surface area contributed by atoms with Crippen molar-refractivity contribution in [2.24, 2.45) is 0 Å². The van der Waals surface area contributed by atoms with Crippen LogP contribution in [0.15, 0.2) is 29.2 Å². The van der Waals surface area contributed by atoms with E-state index in [1.807, 2.05) is 6.07 Å². The van der Waals surface area contributed by atoms with E-state index < -0.39 is 18.4 Å². The summed E-state index contributed by atoms with van der Waals surface area (Å²) in [5.41, 5.74) is 1.24. The number of halogens is 1. The fourth-order valence-corrected chi connectivity index (χ4v) is 3.73. The molecule has 6 nitrogen and oxygen atoms in total. The van der Waals surface area contributed by atoms with Gasteiger partial charge in [-0.25, -0.2) is 4.98 Å². The lowest BCUT2D eigenvalue weighted by atomic mass is 10.1. The highest BCUT2D eigenvalue weighted by molar-refractivity contribution is 8.26. The number of pyridine rings is 1. The number of rotatable bonds is 4. The second-order valence-corrected chi connectivity index (χ2v) is 7.12. The van der Waals surface area contributed by atoms with Gasteiger partial charge in [-0.05, 0) is 30.3 Å². The van der Waals surface area contributed by atoms with Gasteiger partial charge in [-0.2, -0.15) is 0 Å². The second-order valence-electron chi connectivity index (χ2n) is 5.09. The van der Waals surface area contributed by atoms with Crippen LogP contribution in [-0.2, 0) is 9.59 Å². The maximum Gasteiger partial charge on any atom is 0.323 e. The molecule has 3 rings (SSSR count). The molecule has 0 atom stereocenters. The molecule has 2 heterocycles. The lowest BCUT2D eigenvalue weighted by molar-refractivity contribution is -0.140. The van der Waals surface area contributed by atoms with Crippen molar-refractivity contribution in [3.05, 3.63) is 39.9 Å². The third-order valence-electron chi connectivity index (χ3n) is 3.46. The average molecular weight is 395 g/mol. The standard InChI is InChI=1S/C16H11ClN2O4S2/c1-23-10-2-3-11-8(5-10)4-9(14(17)18-11)6-12-15(22)19(7-13(20)21)16(24)25-12/h2-6H,7H2,1H3,(H,20,21)/b12-6-. The van der Waals surface area contributed by atoms with Crippen LogP contribution in [0.2, 0.25) is 5.15 Å². The van der Waals surface area contributed by atoms with E-state index in [1.54, 1.807) is 31.4 Å². The number of fused-ring (bicyclic) bond motifs is 1. The summed E-state index contributed by atoms with van der Waals surface area (Å²) in [6.45, 7) is -0.469. The quantitative estimate of drug-likeness (QED) is 0.484. The molecule has 0 saturated carbocycles. The van der Waals surface area contributed by atoms with Gasteiger partial charge in [0.25, 0.3) is 5.91 Å². The number of thioether (sulfide) groups is 1. The minimum atomic E-state index is -1.13. The Balaban J connectivity index is 2.00. The van der Waals surface area contributed by atoms with Crippen LogP contribution in [0.25, 0.3) is 17.0 Å². The number of aromatic nitrogens is 1. The highest BCUT2D eigenvalue weighted by Gasteiger charge is 2.33. The van der Waals surface area contributed by atoms with Crippen molar-refractivity contribution in [1.29, 1.82) is 0 Å². The van der Waals surface area contributed by atoms with E-state index in [2.05, 4.69) is 4.98 Å². The minimum Gasteiger partial charge on any atom is -0.497 e. The number of thiocarbonyl (C=S) groups is 1. The molecule has 0 unspecified atom stereocenters.